The third-order valence-corrected chi connectivity index (χ3v) is 7.13. The second kappa shape index (κ2) is 11.2. The SMILES string of the molecule is C=CCn1c(SCC(=O)Nc2cc(C(=O)OC)ccc2C(=O)OC)nnc1-c1csc2ccccc12. The van der Waals surface area contributed by atoms with Crippen molar-refractivity contribution in [2.75, 3.05) is 25.3 Å². The van der Waals surface area contributed by atoms with E-state index in [0.717, 1.165) is 15.6 Å². The second-order valence-electron chi connectivity index (χ2n) is 7.43. The Kier molecular flexibility index (Phi) is 7.81. The molecule has 0 atom stereocenters. The van der Waals surface area contributed by atoms with E-state index in [9.17, 15) is 14.4 Å². The van der Waals surface area contributed by atoms with Crippen molar-refractivity contribution in [3.8, 4) is 11.4 Å². The highest BCUT2D eigenvalue weighted by Crippen LogP contribution is 2.34. The van der Waals surface area contributed by atoms with Crippen molar-refractivity contribution in [3.63, 3.8) is 0 Å². The van der Waals surface area contributed by atoms with E-state index < -0.39 is 17.8 Å². The lowest BCUT2D eigenvalue weighted by molar-refractivity contribution is -0.113. The van der Waals surface area contributed by atoms with Crippen LogP contribution in [0.1, 0.15) is 20.7 Å². The van der Waals surface area contributed by atoms with E-state index in [-0.39, 0.29) is 22.6 Å². The molecule has 2 aromatic heterocycles. The van der Waals surface area contributed by atoms with Gasteiger partial charge in [-0.15, -0.1) is 28.1 Å². The number of benzene rings is 2. The summed E-state index contributed by atoms with van der Waals surface area (Å²) in [6.45, 7) is 4.29. The van der Waals surface area contributed by atoms with E-state index in [0.29, 0.717) is 17.5 Å². The fraction of sp³-hybridized carbons (Fsp3) is 0.160. The highest BCUT2D eigenvalue weighted by Gasteiger charge is 2.20. The zero-order valence-corrected chi connectivity index (χ0v) is 21.1. The van der Waals surface area contributed by atoms with Crippen molar-refractivity contribution < 1.29 is 23.9 Å². The standard InChI is InChI=1S/C25H22N4O5S2/c1-4-11-29-22(18-13-35-20-8-6-5-7-16(18)20)27-28-25(29)36-14-21(30)26-19-12-15(23(31)33-2)9-10-17(19)24(32)34-3/h4-10,12-13H,1,11,14H2,2-3H3,(H,26,30). The van der Waals surface area contributed by atoms with Crippen LogP contribution in [0.5, 0.6) is 0 Å². The van der Waals surface area contributed by atoms with E-state index in [4.69, 9.17) is 9.47 Å². The van der Waals surface area contributed by atoms with Crippen LogP contribution in [0.15, 0.2) is 65.7 Å². The van der Waals surface area contributed by atoms with Gasteiger partial charge in [-0.1, -0.05) is 36.0 Å². The predicted octanol–water partition coefficient (Wildman–Crippen LogP) is 4.65. The van der Waals surface area contributed by atoms with Crippen molar-refractivity contribution in [2.45, 2.75) is 11.7 Å². The van der Waals surface area contributed by atoms with Crippen LogP contribution in [-0.2, 0) is 20.8 Å². The molecule has 0 aliphatic heterocycles. The minimum atomic E-state index is -0.646. The van der Waals surface area contributed by atoms with Crippen LogP contribution in [0.3, 0.4) is 0 Å². The molecule has 0 fully saturated rings. The molecule has 4 aromatic rings. The highest BCUT2D eigenvalue weighted by molar-refractivity contribution is 7.99. The number of fused-ring (bicyclic) bond motifs is 1. The van der Waals surface area contributed by atoms with E-state index in [1.165, 1.54) is 44.2 Å². The highest BCUT2D eigenvalue weighted by atomic mass is 32.2. The molecule has 0 spiro atoms. The number of amides is 1. The number of rotatable bonds is 9. The Labute approximate surface area is 215 Å². The molecule has 0 aliphatic carbocycles. The number of ether oxygens (including phenoxy) is 2. The Morgan fingerprint density at radius 3 is 2.64 bits per heavy atom. The molecule has 4 rings (SSSR count). The first kappa shape index (κ1) is 25.1. The summed E-state index contributed by atoms with van der Waals surface area (Å²) in [6, 6.07) is 12.3. The van der Waals surface area contributed by atoms with Crippen LogP contribution in [0, 0.1) is 0 Å². The van der Waals surface area contributed by atoms with Gasteiger partial charge in [0.15, 0.2) is 11.0 Å². The average Bonchev–Trinajstić information content (AvgIpc) is 3.50. The number of nitrogens with one attached hydrogen (secondary N) is 1. The van der Waals surface area contributed by atoms with E-state index in [1.807, 2.05) is 28.1 Å². The fourth-order valence-corrected chi connectivity index (χ4v) is 5.22. The molecule has 11 heteroatoms. The zero-order valence-electron chi connectivity index (χ0n) is 19.5. The van der Waals surface area contributed by atoms with Gasteiger partial charge < -0.3 is 14.8 Å². The summed E-state index contributed by atoms with van der Waals surface area (Å²) in [5.41, 5.74) is 1.41. The maximum atomic E-state index is 12.8. The van der Waals surface area contributed by atoms with Crippen LogP contribution in [0.4, 0.5) is 5.69 Å². The van der Waals surface area contributed by atoms with Crippen LogP contribution >= 0.6 is 23.1 Å². The first-order valence-corrected chi connectivity index (χ1v) is 12.6. The van der Waals surface area contributed by atoms with Gasteiger partial charge in [0, 0.05) is 27.6 Å². The summed E-state index contributed by atoms with van der Waals surface area (Å²) in [6.07, 6.45) is 1.74. The minimum Gasteiger partial charge on any atom is -0.465 e. The van der Waals surface area contributed by atoms with Gasteiger partial charge in [-0.25, -0.2) is 9.59 Å². The molecule has 2 heterocycles. The number of aromatic nitrogens is 3. The molecule has 9 nitrogen and oxygen atoms in total. The van der Waals surface area contributed by atoms with Crippen LogP contribution < -0.4 is 5.32 Å². The van der Waals surface area contributed by atoms with Crippen molar-refractivity contribution in [2.24, 2.45) is 0 Å². The molecule has 0 aliphatic rings. The zero-order chi connectivity index (χ0) is 25.7. The molecule has 0 bridgehead atoms. The van der Waals surface area contributed by atoms with Gasteiger partial charge in [0.05, 0.1) is 36.8 Å². The predicted molar refractivity (Wildman–Crippen MR) is 140 cm³/mol. The van der Waals surface area contributed by atoms with Gasteiger partial charge in [-0.2, -0.15) is 0 Å². The van der Waals surface area contributed by atoms with Crippen LogP contribution in [-0.4, -0.2) is 52.6 Å². The number of carbonyl (C=O) groups is 3. The Bertz CT molecular complexity index is 1460. The summed E-state index contributed by atoms with van der Waals surface area (Å²) in [7, 11) is 2.48. The topological polar surface area (TPSA) is 112 Å². The smallest absolute Gasteiger partial charge is 0.339 e. The Morgan fingerprint density at radius 2 is 1.89 bits per heavy atom. The molecule has 0 unspecified atom stereocenters. The van der Waals surface area contributed by atoms with Crippen molar-refractivity contribution >= 4 is 56.7 Å². The first-order chi connectivity index (χ1) is 17.5. The molecule has 2 aromatic carbocycles. The number of thiophene rings is 1. The molecule has 1 N–H and O–H groups in total. The minimum absolute atomic E-state index is 0.0112. The lowest BCUT2D eigenvalue weighted by atomic mass is 10.1. The second-order valence-corrected chi connectivity index (χ2v) is 9.29. The average molecular weight is 523 g/mol. The van der Waals surface area contributed by atoms with Crippen molar-refractivity contribution in [3.05, 3.63) is 71.6 Å². The Morgan fingerprint density at radius 1 is 1.11 bits per heavy atom. The number of nitrogens with zero attached hydrogens (tertiary/aromatic N) is 3. The maximum Gasteiger partial charge on any atom is 0.339 e. The summed E-state index contributed by atoms with van der Waals surface area (Å²) in [4.78, 5) is 36.9. The van der Waals surface area contributed by atoms with E-state index in [2.05, 4.69) is 28.2 Å². The quantitative estimate of drug-likeness (QED) is 0.192. The first-order valence-electron chi connectivity index (χ1n) is 10.7. The maximum absolute atomic E-state index is 12.8. The molecule has 0 saturated carbocycles. The lowest BCUT2D eigenvalue weighted by Crippen LogP contribution is -2.18. The molecule has 0 radical (unpaired) electrons. The van der Waals surface area contributed by atoms with Crippen LogP contribution in [0.2, 0.25) is 0 Å². The molecule has 36 heavy (non-hydrogen) atoms. The van der Waals surface area contributed by atoms with Crippen LogP contribution in [0.25, 0.3) is 21.5 Å². The third-order valence-electron chi connectivity index (χ3n) is 5.20. The molecule has 0 saturated heterocycles. The third kappa shape index (κ3) is 5.16. The number of methoxy groups -OCH3 is 2. The lowest BCUT2D eigenvalue weighted by Gasteiger charge is -2.11. The van der Waals surface area contributed by atoms with E-state index in [1.54, 1.807) is 17.4 Å². The van der Waals surface area contributed by atoms with E-state index >= 15 is 0 Å². The molecular weight excluding hydrogens is 500 g/mol. The van der Waals surface area contributed by atoms with Gasteiger partial charge in [0.1, 0.15) is 0 Å². The van der Waals surface area contributed by atoms with Gasteiger partial charge in [0.25, 0.3) is 0 Å². The number of carbonyl (C=O) groups excluding carboxylic acids is 3. The number of esters is 2. The summed E-state index contributed by atoms with van der Waals surface area (Å²) >= 11 is 2.82. The molecular formula is C25H22N4O5S2. The van der Waals surface area contributed by atoms with Crippen molar-refractivity contribution in [1.29, 1.82) is 0 Å². The van der Waals surface area contributed by atoms with Gasteiger partial charge >= 0.3 is 11.9 Å². The number of allylic oxidation sites excluding steroid dienone is 1. The largest absolute Gasteiger partial charge is 0.465 e. The number of hydrogen-bond donors (Lipinski definition) is 1. The number of thioether (sulfide) groups is 1. The molecule has 1 amide bonds. The monoisotopic (exact) mass is 522 g/mol. The summed E-state index contributed by atoms with van der Waals surface area (Å²) in [5, 5.41) is 15.0. The molecule has 184 valence electrons. The normalized spacial score (nSPS) is 10.7. The number of hydrogen-bond acceptors (Lipinski definition) is 9. The Hall–Kier alpha value is -3.96. The fourth-order valence-electron chi connectivity index (χ4n) is 3.54. The number of anilines is 1. The van der Waals surface area contributed by atoms with Crippen molar-refractivity contribution in [1.82, 2.24) is 14.8 Å². The van der Waals surface area contributed by atoms with Gasteiger partial charge in [-0.3, -0.25) is 9.36 Å². The Balaban J connectivity index is 1.55. The summed E-state index contributed by atoms with van der Waals surface area (Å²) < 4.78 is 12.6. The van der Waals surface area contributed by atoms with Gasteiger partial charge in [0.2, 0.25) is 5.91 Å². The summed E-state index contributed by atoms with van der Waals surface area (Å²) in [5.74, 6) is -0.963. The van der Waals surface area contributed by atoms with Gasteiger partial charge in [-0.05, 0) is 24.3 Å².